The maximum atomic E-state index is 12.8. The van der Waals surface area contributed by atoms with Crippen molar-refractivity contribution >= 4 is 18.1 Å². The third kappa shape index (κ3) is 5.01. The van der Waals surface area contributed by atoms with Gasteiger partial charge in [-0.05, 0) is 25.5 Å². The molecule has 0 bridgehead atoms. The van der Waals surface area contributed by atoms with Crippen LogP contribution in [0.2, 0.25) is 0 Å². The number of rotatable bonds is 6. The quantitative estimate of drug-likeness (QED) is 0.501. The monoisotopic (exact) mass is 454 g/mol. The van der Waals surface area contributed by atoms with Crippen molar-refractivity contribution < 1.29 is 27.5 Å². The summed E-state index contributed by atoms with van der Waals surface area (Å²) in [6.07, 6.45) is 1.20. The van der Waals surface area contributed by atoms with Crippen LogP contribution in [0, 0.1) is 0 Å². The summed E-state index contributed by atoms with van der Waals surface area (Å²) in [5, 5.41) is 5.89. The lowest BCUT2D eigenvalue weighted by atomic mass is 9.96. The summed E-state index contributed by atoms with van der Waals surface area (Å²) in [7, 11) is 1.49. The molecule has 2 N–H and O–H groups in total. The van der Waals surface area contributed by atoms with E-state index in [9.17, 15) is 22.8 Å². The Morgan fingerprint density at radius 1 is 1.34 bits per heavy atom. The van der Waals surface area contributed by atoms with Gasteiger partial charge in [-0.3, -0.25) is 19.4 Å². The highest BCUT2D eigenvalue weighted by Crippen LogP contribution is 2.36. The number of allylic oxidation sites excluding steroid dienone is 3. The van der Waals surface area contributed by atoms with Gasteiger partial charge < -0.3 is 15.4 Å². The largest absolute Gasteiger partial charge is 0.491 e. The molecule has 3 heterocycles. The number of hydrogen-bond acceptors (Lipinski definition) is 7. The maximum absolute atomic E-state index is 12.8. The summed E-state index contributed by atoms with van der Waals surface area (Å²) >= 11 is 0. The van der Waals surface area contributed by atoms with Crippen LogP contribution in [0.1, 0.15) is 26.7 Å². The number of amides is 2. The summed E-state index contributed by atoms with van der Waals surface area (Å²) < 4.78 is 43.3. The predicted octanol–water partition coefficient (Wildman–Crippen LogP) is 2.02. The van der Waals surface area contributed by atoms with Crippen LogP contribution >= 0.6 is 0 Å². The van der Waals surface area contributed by atoms with Gasteiger partial charge in [-0.2, -0.15) is 13.2 Å². The first-order chi connectivity index (χ1) is 15.1. The lowest BCUT2D eigenvalue weighted by molar-refractivity contribution is -0.152. The molecule has 1 aromatic heterocycles. The number of carbonyl (C=O) groups is 2. The number of piperidine rings is 1. The Hall–Kier alpha value is -3.15. The van der Waals surface area contributed by atoms with Crippen molar-refractivity contribution in [1.82, 2.24) is 25.1 Å². The number of methoxy groups -OCH3 is 1. The molecule has 2 saturated heterocycles. The van der Waals surface area contributed by atoms with Gasteiger partial charge in [0.05, 0.1) is 19.9 Å². The number of ether oxygens (including phenoxy) is 1. The average molecular weight is 454 g/mol. The van der Waals surface area contributed by atoms with Crippen LogP contribution in [0.3, 0.4) is 0 Å². The number of carbonyl (C=O) groups excluding carboxylic acids is 2. The van der Waals surface area contributed by atoms with E-state index < -0.39 is 24.3 Å². The molecule has 32 heavy (non-hydrogen) atoms. The third-order valence-corrected chi connectivity index (χ3v) is 5.48. The molecule has 12 heteroatoms. The Kier molecular flexibility index (Phi) is 6.72. The number of anilines is 1. The van der Waals surface area contributed by atoms with Crippen LogP contribution in [-0.4, -0.2) is 70.7 Å². The molecular formula is C20H25F3N6O3. The number of aromatic nitrogens is 2. The third-order valence-electron chi connectivity index (χ3n) is 5.48. The fraction of sp³-hybridized carbons (Fsp3) is 0.500. The summed E-state index contributed by atoms with van der Waals surface area (Å²) in [6, 6.07) is 0. The van der Waals surface area contributed by atoms with E-state index in [0.29, 0.717) is 29.2 Å². The highest BCUT2D eigenvalue weighted by Gasteiger charge is 2.50. The smallest absolute Gasteiger partial charge is 0.401 e. The normalized spacial score (nSPS) is 20.9. The van der Waals surface area contributed by atoms with Crippen LogP contribution in [0.15, 0.2) is 35.6 Å². The highest BCUT2D eigenvalue weighted by atomic mass is 19.4. The molecule has 2 amide bonds. The zero-order chi connectivity index (χ0) is 23.5. The van der Waals surface area contributed by atoms with Gasteiger partial charge in [-0.1, -0.05) is 0 Å². The lowest BCUT2D eigenvalue weighted by Gasteiger charge is -2.42. The molecule has 1 spiro atoms. The van der Waals surface area contributed by atoms with E-state index in [4.69, 9.17) is 4.74 Å². The predicted molar refractivity (Wildman–Crippen MR) is 109 cm³/mol. The van der Waals surface area contributed by atoms with Crippen molar-refractivity contribution in [2.45, 2.75) is 38.5 Å². The molecule has 0 aliphatic carbocycles. The van der Waals surface area contributed by atoms with Gasteiger partial charge in [0.25, 0.3) is 5.91 Å². The topological polar surface area (TPSA) is 99.7 Å². The van der Waals surface area contributed by atoms with Gasteiger partial charge >= 0.3 is 6.18 Å². The summed E-state index contributed by atoms with van der Waals surface area (Å²) in [5.41, 5.74) is 0.289. The molecule has 9 nitrogen and oxygen atoms in total. The van der Waals surface area contributed by atoms with E-state index in [-0.39, 0.29) is 31.6 Å². The molecule has 0 unspecified atom stereocenters. The number of nitrogens with zero attached hydrogens (tertiary/aromatic N) is 4. The summed E-state index contributed by atoms with van der Waals surface area (Å²) in [5.74, 6) is 0.427. The molecule has 0 aromatic carbocycles. The number of likely N-dealkylation sites (tertiary alicyclic amines) is 1. The second-order valence-corrected chi connectivity index (χ2v) is 7.78. The Balaban J connectivity index is 1.80. The van der Waals surface area contributed by atoms with Crippen LogP contribution in [0.25, 0.3) is 0 Å². The van der Waals surface area contributed by atoms with Crippen LogP contribution in [-0.2, 0) is 9.59 Å². The first-order valence-corrected chi connectivity index (χ1v) is 9.95. The molecule has 0 radical (unpaired) electrons. The molecule has 3 rings (SSSR count). The van der Waals surface area contributed by atoms with E-state index in [0.717, 1.165) is 0 Å². The second-order valence-electron chi connectivity index (χ2n) is 7.78. The molecule has 174 valence electrons. The molecule has 0 saturated carbocycles. The summed E-state index contributed by atoms with van der Waals surface area (Å²) in [4.78, 5) is 35.3. The van der Waals surface area contributed by atoms with E-state index in [1.807, 2.05) is 0 Å². The van der Waals surface area contributed by atoms with Crippen molar-refractivity contribution in [2.24, 2.45) is 0 Å². The van der Waals surface area contributed by atoms with Gasteiger partial charge in [0.2, 0.25) is 6.41 Å². The molecule has 2 fully saturated rings. The molecule has 2 aliphatic heterocycles. The van der Waals surface area contributed by atoms with Crippen molar-refractivity contribution in [3.63, 3.8) is 0 Å². The van der Waals surface area contributed by atoms with Crippen LogP contribution in [0.5, 0.6) is 5.75 Å². The minimum atomic E-state index is -4.29. The molecular weight excluding hydrogens is 429 g/mol. The molecule has 1 aromatic rings. The zero-order valence-corrected chi connectivity index (χ0v) is 18.0. The van der Waals surface area contributed by atoms with Crippen molar-refractivity contribution in [3.8, 4) is 5.75 Å². The van der Waals surface area contributed by atoms with Gasteiger partial charge in [-0.15, -0.1) is 0 Å². The van der Waals surface area contributed by atoms with E-state index >= 15 is 0 Å². The average Bonchev–Trinajstić information content (AvgIpc) is 3.00. The first-order valence-electron chi connectivity index (χ1n) is 9.95. The Bertz CT molecular complexity index is 939. The second kappa shape index (κ2) is 9.15. The van der Waals surface area contributed by atoms with Crippen molar-refractivity contribution in [2.75, 3.05) is 32.1 Å². The van der Waals surface area contributed by atoms with E-state index in [1.165, 1.54) is 29.4 Å². The Morgan fingerprint density at radius 2 is 2.03 bits per heavy atom. The zero-order valence-electron chi connectivity index (χ0n) is 18.0. The number of halogens is 3. The standard InChI is InChI=1S/C20H25F3N6O3/c1-13(8-14(2)26-17-15(32-3)9-24-11-25-17)16-18(31)27-19(29(16)12-30)4-6-28(7-5-19)10-20(21,22)23/h8-9,11-12H,4-7,10H2,1-3H3,(H,27,31)(H,24,25,26)/b14-8+,16-13-. The van der Waals surface area contributed by atoms with Gasteiger partial charge in [-0.25, -0.2) is 9.97 Å². The first kappa shape index (κ1) is 23.5. The van der Waals surface area contributed by atoms with Crippen LogP contribution < -0.4 is 15.4 Å². The Labute approximate surface area is 183 Å². The van der Waals surface area contributed by atoms with Crippen molar-refractivity contribution in [3.05, 3.63) is 35.6 Å². The fourth-order valence-electron chi connectivity index (χ4n) is 4.05. The SMILES string of the molecule is COc1cncnc1N/C(C)=C/C(C)=C1/C(=O)NC2(CCN(CC(F)(F)F)CC2)N1C=O. The Morgan fingerprint density at radius 3 is 2.62 bits per heavy atom. The minimum absolute atomic E-state index is 0.111. The fourth-order valence-corrected chi connectivity index (χ4v) is 4.05. The van der Waals surface area contributed by atoms with Crippen LogP contribution in [0.4, 0.5) is 19.0 Å². The summed E-state index contributed by atoms with van der Waals surface area (Å²) in [6.45, 7) is 2.65. The van der Waals surface area contributed by atoms with Gasteiger partial charge in [0, 0.05) is 31.6 Å². The number of alkyl halides is 3. The maximum Gasteiger partial charge on any atom is 0.401 e. The number of nitrogens with one attached hydrogen (secondary N) is 2. The van der Waals surface area contributed by atoms with Gasteiger partial charge in [0.15, 0.2) is 11.6 Å². The van der Waals surface area contributed by atoms with Crippen molar-refractivity contribution in [1.29, 1.82) is 0 Å². The van der Waals surface area contributed by atoms with Gasteiger partial charge in [0.1, 0.15) is 17.7 Å². The lowest BCUT2D eigenvalue weighted by Crippen LogP contribution is -2.58. The molecule has 0 atom stereocenters. The number of hydrogen-bond donors (Lipinski definition) is 2. The van der Waals surface area contributed by atoms with E-state index in [1.54, 1.807) is 19.9 Å². The molecule has 2 aliphatic rings. The minimum Gasteiger partial charge on any atom is -0.491 e. The van der Waals surface area contributed by atoms with E-state index in [2.05, 4.69) is 20.6 Å². The highest BCUT2D eigenvalue weighted by molar-refractivity contribution is 5.99.